The van der Waals surface area contributed by atoms with Crippen LogP contribution in [0.4, 0.5) is 0 Å². The van der Waals surface area contributed by atoms with Crippen molar-refractivity contribution in [1.82, 2.24) is 0 Å². The van der Waals surface area contributed by atoms with Crippen LogP contribution in [0.5, 0.6) is 0 Å². The second-order valence-corrected chi connectivity index (χ2v) is 5.99. The SMILES string of the molecule is CC(=O)O[C@H]1CC[C@H](C(C)(C)C)[C@@H](C)C1. The van der Waals surface area contributed by atoms with E-state index in [0.29, 0.717) is 11.3 Å². The average Bonchev–Trinajstić information content (AvgIpc) is 1.99. The van der Waals surface area contributed by atoms with Crippen LogP contribution in [0.25, 0.3) is 0 Å². The molecule has 0 saturated heterocycles. The standard InChI is InChI=1S/C13H24O2/c1-9-8-11(15-10(2)14)6-7-12(9)13(3,4)5/h9,11-12H,6-8H2,1-5H3/t9-,11-,12-/m0/s1. The highest BCUT2D eigenvalue weighted by atomic mass is 16.5. The topological polar surface area (TPSA) is 26.3 Å². The van der Waals surface area contributed by atoms with Gasteiger partial charge in [0.25, 0.3) is 0 Å². The van der Waals surface area contributed by atoms with Crippen LogP contribution in [0.1, 0.15) is 53.9 Å². The van der Waals surface area contributed by atoms with Crippen molar-refractivity contribution in [3.8, 4) is 0 Å². The molecule has 0 aromatic heterocycles. The van der Waals surface area contributed by atoms with Gasteiger partial charge in [0, 0.05) is 6.92 Å². The summed E-state index contributed by atoms with van der Waals surface area (Å²) in [6, 6.07) is 0. The van der Waals surface area contributed by atoms with E-state index in [0.717, 1.165) is 18.8 Å². The van der Waals surface area contributed by atoms with Gasteiger partial charge in [0.2, 0.25) is 0 Å². The van der Waals surface area contributed by atoms with Crippen molar-refractivity contribution >= 4 is 5.97 Å². The smallest absolute Gasteiger partial charge is 0.302 e. The first-order valence-electron chi connectivity index (χ1n) is 5.98. The Morgan fingerprint density at radius 1 is 1.27 bits per heavy atom. The van der Waals surface area contributed by atoms with Gasteiger partial charge in [-0.25, -0.2) is 0 Å². The number of rotatable bonds is 1. The van der Waals surface area contributed by atoms with Crippen molar-refractivity contribution in [2.75, 3.05) is 0 Å². The summed E-state index contributed by atoms with van der Waals surface area (Å²) >= 11 is 0. The zero-order chi connectivity index (χ0) is 11.6. The number of ether oxygens (including phenoxy) is 1. The molecule has 88 valence electrons. The summed E-state index contributed by atoms with van der Waals surface area (Å²) in [5, 5.41) is 0. The van der Waals surface area contributed by atoms with Crippen LogP contribution in [0.3, 0.4) is 0 Å². The molecule has 0 spiro atoms. The lowest BCUT2D eigenvalue weighted by Gasteiger charge is -2.41. The minimum Gasteiger partial charge on any atom is -0.463 e. The molecule has 1 rings (SSSR count). The molecular weight excluding hydrogens is 188 g/mol. The molecule has 0 N–H and O–H groups in total. The summed E-state index contributed by atoms with van der Waals surface area (Å²) < 4.78 is 5.28. The van der Waals surface area contributed by atoms with Crippen LogP contribution in [-0.4, -0.2) is 12.1 Å². The van der Waals surface area contributed by atoms with Crippen LogP contribution < -0.4 is 0 Å². The Labute approximate surface area is 93.4 Å². The second-order valence-electron chi connectivity index (χ2n) is 5.99. The van der Waals surface area contributed by atoms with E-state index >= 15 is 0 Å². The molecule has 1 saturated carbocycles. The van der Waals surface area contributed by atoms with Crippen molar-refractivity contribution in [3.05, 3.63) is 0 Å². The minimum absolute atomic E-state index is 0.138. The summed E-state index contributed by atoms with van der Waals surface area (Å²) in [7, 11) is 0. The third-order valence-corrected chi connectivity index (χ3v) is 3.57. The number of hydrogen-bond donors (Lipinski definition) is 0. The molecule has 3 atom stereocenters. The fraction of sp³-hybridized carbons (Fsp3) is 0.923. The quantitative estimate of drug-likeness (QED) is 0.623. The molecule has 0 aliphatic heterocycles. The van der Waals surface area contributed by atoms with E-state index in [1.54, 1.807) is 0 Å². The van der Waals surface area contributed by atoms with Crippen molar-refractivity contribution in [2.45, 2.75) is 60.0 Å². The molecule has 2 heteroatoms. The lowest BCUT2D eigenvalue weighted by Crippen LogP contribution is -2.35. The van der Waals surface area contributed by atoms with Gasteiger partial charge in [-0.2, -0.15) is 0 Å². The molecule has 0 heterocycles. The number of esters is 1. The molecule has 2 nitrogen and oxygen atoms in total. The van der Waals surface area contributed by atoms with E-state index in [1.807, 2.05) is 0 Å². The van der Waals surface area contributed by atoms with Crippen molar-refractivity contribution in [1.29, 1.82) is 0 Å². The van der Waals surface area contributed by atoms with Gasteiger partial charge in [0.1, 0.15) is 6.10 Å². The summed E-state index contributed by atoms with van der Waals surface area (Å²) in [6.45, 7) is 10.7. The molecule has 0 aromatic rings. The predicted octanol–water partition coefficient (Wildman–Crippen LogP) is 3.40. The third-order valence-electron chi connectivity index (χ3n) is 3.57. The maximum Gasteiger partial charge on any atom is 0.302 e. The van der Waals surface area contributed by atoms with Gasteiger partial charge in [-0.05, 0) is 36.5 Å². The van der Waals surface area contributed by atoms with E-state index < -0.39 is 0 Å². The number of carbonyl (C=O) groups is 1. The highest BCUT2D eigenvalue weighted by Crippen LogP contribution is 2.42. The Bertz CT molecular complexity index is 227. The fourth-order valence-electron chi connectivity index (χ4n) is 2.98. The Morgan fingerprint density at radius 3 is 2.27 bits per heavy atom. The maximum absolute atomic E-state index is 10.9. The van der Waals surface area contributed by atoms with Gasteiger partial charge in [-0.1, -0.05) is 27.7 Å². The monoisotopic (exact) mass is 212 g/mol. The molecule has 0 amide bonds. The lowest BCUT2D eigenvalue weighted by molar-refractivity contribution is -0.149. The van der Waals surface area contributed by atoms with Gasteiger partial charge in [0.05, 0.1) is 0 Å². The first-order valence-corrected chi connectivity index (χ1v) is 5.98. The highest BCUT2D eigenvalue weighted by molar-refractivity contribution is 5.66. The van der Waals surface area contributed by atoms with Crippen molar-refractivity contribution < 1.29 is 9.53 Å². The largest absolute Gasteiger partial charge is 0.463 e. The highest BCUT2D eigenvalue weighted by Gasteiger charge is 2.35. The molecule has 0 unspecified atom stereocenters. The molecule has 15 heavy (non-hydrogen) atoms. The predicted molar refractivity (Wildman–Crippen MR) is 61.5 cm³/mol. The van der Waals surface area contributed by atoms with Gasteiger partial charge in [-0.3, -0.25) is 4.79 Å². The Hall–Kier alpha value is -0.530. The van der Waals surface area contributed by atoms with Gasteiger partial charge >= 0.3 is 5.97 Å². The Balaban J connectivity index is 2.51. The first kappa shape index (κ1) is 12.5. The summed E-state index contributed by atoms with van der Waals surface area (Å²) in [5.74, 6) is 1.27. The maximum atomic E-state index is 10.9. The van der Waals surface area contributed by atoms with E-state index in [1.165, 1.54) is 13.3 Å². The molecular formula is C13H24O2. The van der Waals surface area contributed by atoms with Crippen LogP contribution in [0, 0.1) is 17.3 Å². The summed E-state index contributed by atoms with van der Waals surface area (Å²) in [6.07, 6.45) is 3.41. The summed E-state index contributed by atoms with van der Waals surface area (Å²) in [4.78, 5) is 10.9. The van der Waals surface area contributed by atoms with Gasteiger partial charge in [-0.15, -0.1) is 0 Å². The summed E-state index contributed by atoms with van der Waals surface area (Å²) in [5.41, 5.74) is 0.376. The van der Waals surface area contributed by atoms with Gasteiger partial charge < -0.3 is 4.74 Å². The molecule has 0 radical (unpaired) electrons. The number of carbonyl (C=O) groups excluding carboxylic acids is 1. The van der Waals surface area contributed by atoms with Gasteiger partial charge in [0.15, 0.2) is 0 Å². The Kier molecular flexibility index (Phi) is 3.80. The van der Waals surface area contributed by atoms with Crippen molar-refractivity contribution in [3.63, 3.8) is 0 Å². The van der Waals surface area contributed by atoms with E-state index in [9.17, 15) is 4.79 Å². The van der Waals surface area contributed by atoms with Crippen LogP contribution >= 0.6 is 0 Å². The normalized spacial score (nSPS) is 32.5. The van der Waals surface area contributed by atoms with Crippen LogP contribution in [0.15, 0.2) is 0 Å². The fourth-order valence-corrected chi connectivity index (χ4v) is 2.98. The molecule has 0 bridgehead atoms. The Morgan fingerprint density at radius 2 is 1.87 bits per heavy atom. The molecule has 1 fully saturated rings. The first-order chi connectivity index (χ1) is 6.80. The molecule has 0 aromatic carbocycles. The lowest BCUT2D eigenvalue weighted by atomic mass is 9.66. The van der Waals surface area contributed by atoms with Crippen LogP contribution in [0.2, 0.25) is 0 Å². The minimum atomic E-state index is -0.138. The number of hydrogen-bond acceptors (Lipinski definition) is 2. The van der Waals surface area contributed by atoms with E-state index in [4.69, 9.17) is 4.74 Å². The molecule has 1 aliphatic carbocycles. The van der Waals surface area contributed by atoms with E-state index in [2.05, 4.69) is 27.7 Å². The second kappa shape index (κ2) is 4.54. The van der Waals surface area contributed by atoms with E-state index in [-0.39, 0.29) is 12.1 Å². The van der Waals surface area contributed by atoms with Crippen molar-refractivity contribution in [2.24, 2.45) is 17.3 Å². The molecule has 1 aliphatic rings. The average molecular weight is 212 g/mol. The third kappa shape index (κ3) is 3.51. The zero-order valence-corrected chi connectivity index (χ0v) is 10.7. The van der Waals surface area contributed by atoms with Crippen LogP contribution in [-0.2, 0) is 9.53 Å². The zero-order valence-electron chi connectivity index (χ0n) is 10.7.